The van der Waals surface area contributed by atoms with Crippen LogP contribution < -0.4 is 5.32 Å². The Balaban J connectivity index is 1.68. The van der Waals surface area contributed by atoms with Crippen molar-refractivity contribution in [3.8, 4) is 0 Å². The molecule has 0 radical (unpaired) electrons. The summed E-state index contributed by atoms with van der Waals surface area (Å²) in [5, 5.41) is 12.5. The number of anilines is 1. The lowest BCUT2D eigenvalue weighted by atomic mass is 10.3. The van der Waals surface area contributed by atoms with Gasteiger partial charge in [-0.2, -0.15) is 0 Å². The van der Waals surface area contributed by atoms with Crippen LogP contribution in [0, 0.1) is 0 Å². The van der Waals surface area contributed by atoms with Crippen molar-refractivity contribution < 1.29 is 4.79 Å². The van der Waals surface area contributed by atoms with Crippen LogP contribution in [-0.4, -0.2) is 25.9 Å². The molecule has 1 N–H and O–H groups in total. The fourth-order valence-electron chi connectivity index (χ4n) is 2.34. The number of aromatic nitrogens is 3. The van der Waals surface area contributed by atoms with E-state index in [-0.39, 0.29) is 11.2 Å². The lowest BCUT2D eigenvalue weighted by molar-refractivity contribution is -0.115. The molecule has 5 nitrogen and oxygen atoms in total. The van der Waals surface area contributed by atoms with Gasteiger partial charge in [-0.3, -0.25) is 4.79 Å². The number of nitrogens with one attached hydrogen (secondary N) is 1. The SMILES string of the molecule is CCn1c(S[C@H](C)C(=O)Nc2ccccc2Cl)nnc1C1CC1. The molecule has 0 saturated heterocycles. The minimum atomic E-state index is -0.284. The van der Waals surface area contributed by atoms with Crippen molar-refractivity contribution in [2.75, 3.05) is 5.32 Å². The van der Waals surface area contributed by atoms with Gasteiger partial charge in [0.1, 0.15) is 5.82 Å². The van der Waals surface area contributed by atoms with Crippen molar-refractivity contribution in [1.29, 1.82) is 0 Å². The van der Waals surface area contributed by atoms with E-state index in [2.05, 4.69) is 27.0 Å². The van der Waals surface area contributed by atoms with E-state index in [0.717, 1.165) is 17.5 Å². The highest BCUT2D eigenvalue weighted by molar-refractivity contribution is 8.00. The normalized spacial score (nSPS) is 15.4. The first-order chi connectivity index (χ1) is 11.1. The quantitative estimate of drug-likeness (QED) is 0.801. The van der Waals surface area contributed by atoms with Crippen LogP contribution in [0.2, 0.25) is 5.02 Å². The maximum Gasteiger partial charge on any atom is 0.237 e. The summed E-state index contributed by atoms with van der Waals surface area (Å²) in [5.41, 5.74) is 0.627. The second-order valence-electron chi connectivity index (χ2n) is 5.59. The van der Waals surface area contributed by atoms with Crippen LogP contribution in [0.4, 0.5) is 5.69 Å². The van der Waals surface area contributed by atoms with Crippen molar-refractivity contribution >= 4 is 35.0 Å². The molecule has 1 saturated carbocycles. The number of amides is 1. The number of halogens is 1. The van der Waals surface area contributed by atoms with Gasteiger partial charge in [-0.1, -0.05) is 35.5 Å². The Labute approximate surface area is 144 Å². The van der Waals surface area contributed by atoms with Gasteiger partial charge in [-0.05, 0) is 38.8 Å². The van der Waals surface area contributed by atoms with Crippen molar-refractivity contribution in [2.24, 2.45) is 0 Å². The molecule has 1 heterocycles. The van der Waals surface area contributed by atoms with Gasteiger partial charge in [-0.25, -0.2) is 0 Å². The van der Waals surface area contributed by atoms with Crippen LogP contribution in [0.1, 0.15) is 38.4 Å². The van der Waals surface area contributed by atoms with Gasteiger partial charge in [0, 0.05) is 12.5 Å². The molecule has 3 rings (SSSR count). The molecule has 1 amide bonds. The maximum atomic E-state index is 12.4. The van der Waals surface area contributed by atoms with Crippen LogP contribution in [0.3, 0.4) is 0 Å². The zero-order chi connectivity index (χ0) is 16.4. The summed E-state index contributed by atoms with van der Waals surface area (Å²) < 4.78 is 2.11. The molecule has 1 aliphatic carbocycles. The minimum Gasteiger partial charge on any atom is -0.324 e. The Morgan fingerprint density at radius 1 is 1.43 bits per heavy atom. The molecule has 1 aromatic heterocycles. The summed E-state index contributed by atoms with van der Waals surface area (Å²) in [5.74, 6) is 1.50. The smallest absolute Gasteiger partial charge is 0.237 e. The molecule has 122 valence electrons. The highest BCUT2D eigenvalue weighted by Gasteiger charge is 2.30. The third-order valence-corrected chi connectivity index (χ3v) is 5.20. The number of carbonyl (C=O) groups excluding carboxylic acids is 1. The summed E-state index contributed by atoms with van der Waals surface area (Å²) in [7, 11) is 0. The van der Waals surface area contributed by atoms with E-state index in [1.807, 2.05) is 19.1 Å². The number of benzene rings is 1. The van der Waals surface area contributed by atoms with E-state index >= 15 is 0 Å². The summed E-state index contributed by atoms with van der Waals surface area (Å²) in [6.07, 6.45) is 2.37. The molecule has 0 bridgehead atoms. The summed E-state index contributed by atoms with van der Waals surface area (Å²) >= 11 is 7.51. The van der Waals surface area contributed by atoms with Gasteiger partial charge in [0.15, 0.2) is 5.16 Å². The third-order valence-electron chi connectivity index (χ3n) is 3.79. The Bertz CT molecular complexity index is 714. The van der Waals surface area contributed by atoms with E-state index in [4.69, 9.17) is 11.6 Å². The first kappa shape index (κ1) is 16.3. The molecular weight excluding hydrogens is 332 g/mol. The molecule has 2 aromatic rings. The predicted molar refractivity (Wildman–Crippen MR) is 93.1 cm³/mol. The van der Waals surface area contributed by atoms with Crippen LogP contribution in [0.15, 0.2) is 29.4 Å². The molecule has 1 atom stereocenters. The predicted octanol–water partition coefficient (Wildman–Crippen LogP) is 3.95. The molecule has 1 fully saturated rings. The molecule has 1 aromatic carbocycles. The number of hydrogen-bond donors (Lipinski definition) is 1. The van der Waals surface area contributed by atoms with Crippen molar-refractivity contribution in [1.82, 2.24) is 14.8 Å². The topological polar surface area (TPSA) is 59.8 Å². The van der Waals surface area contributed by atoms with Crippen LogP contribution in [-0.2, 0) is 11.3 Å². The summed E-state index contributed by atoms with van der Waals surface area (Å²) in [6.45, 7) is 4.76. The number of rotatable bonds is 6. The summed E-state index contributed by atoms with van der Waals surface area (Å²) in [4.78, 5) is 12.4. The molecule has 7 heteroatoms. The van der Waals surface area contributed by atoms with Gasteiger partial charge in [0.2, 0.25) is 5.91 Å². The number of carbonyl (C=O) groups is 1. The minimum absolute atomic E-state index is 0.0956. The average molecular weight is 351 g/mol. The van der Waals surface area contributed by atoms with Crippen LogP contribution >= 0.6 is 23.4 Å². The van der Waals surface area contributed by atoms with E-state index in [0.29, 0.717) is 16.6 Å². The Morgan fingerprint density at radius 2 is 2.17 bits per heavy atom. The van der Waals surface area contributed by atoms with Gasteiger partial charge in [-0.15, -0.1) is 10.2 Å². The molecule has 0 spiro atoms. The lowest BCUT2D eigenvalue weighted by Crippen LogP contribution is -2.23. The van der Waals surface area contributed by atoms with Crippen LogP contribution in [0.25, 0.3) is 0 Å². The first-order valence-corrected chi connectivity index (χ1v) is 9.01. The number of para-hydroxylation sites is 1. The number of thioether (sulfide) groups is 1. The molecule has 23 heavy (non-hydrogen) atoms. The van der Waals surface area contributed by atoms with Gasteiger partial charge in [0.05, 0.1) is 16.0 Å². The lowest BCUT2D eigenvalue weighted by Gasteiger charge is -2.13. The van der Waals surface area contributed by atoms with E-state index in [1.54, 1.807) is 12.1 Å². The van der Waals surface area contributed by atoms with Crippen molar-refractivity contribution in [3.63, 3.8) is 0 Å². The fourth-order valence-corrected chi connectivity index (χ4v) is 3.44. The van der Waals surface area contributed by atoms with E-state index in [1.165, 1.54) is 24.6 Å². The standard InChI is InChI=1S/C16H19ClN4OS/c1-3-21-14(11-8-9-11)19-20-16(21)23-10(2)15(22)18-13-7-5-4-6-12(13)17/h4-7,10-11H,3,8-9H2,1-2H3,(H,18,22)/t10-/m1/s1. The van der Waals surface area contributed by atoms with Crippen LogP contribution in [0.5, 0.6) is 0 Å². The van der Waals surface area contributed by atoms with Gasteiger partial charge < -0.3 is 9.88 Å². The first-order valence-electron chi connectivity index (χ1n) is 7.75. The highest BCUT2D eigenvalue weighted by Crippen LogP contribution is 2.40. The van der Waals surface area contributed by atoms with E-state index < -0.39 is 0 Å². The second-order valence-corrected chi connectivity index (χ2v) is 7.30. The Hall–Kier alpha value is -1.53. The fraction of sp³-hybridized carbons (Fsp3) is 0.438. The summed E-state index contributed by atoms with van der Waals surface area (Å²) in [6, 6.07) is 7.22. The Kier molecular flexibility index (Phi) is 4.92. The zero-order valence-electron chi connectivity index (χ0n) is 13.1. The van der Waals surface area contributed by atoms with Gasteiger partial charge >= 0.3 is 0 Å². The Morgan fingerprint density at radius 3 is 2.83 bits per heavy atom. The average Bonchev–Trinajstić information content (AvgIpc) is 3.31. The highest BCUT2D eigenvalue weighted by atomic mass is 35.5. The van der Waals surface area contributed by atoms with E-state index in [9.17, 15) is 4.79 Å². The number of hydrogen-bond acceptors (Lipinski definition) is 4. The van der Waals surface area contributed by atoms with Crippen molar-refractivity contribution in [2.45, 2.75) is 49.6 Å². The third kappa shape index (κ3) is 3.70. The van der Waals surface area contributed by atoms with Crippen molar-refractivity contribution in [3.05, 3.63) is 35.1 Å². The number of nitrogens with zero attached hydrogens (tertiary/aromatic N) is 3. The molecular formula is C16H19ClN4OS. The maximum absolute atomic E-state index is 12.4. The second kappa shape index (κ2) is 6.93. The molecule has 0 unspecified atom stereocenters. The largest absolute Gasteiger partial charge is 0.324 e. The van der Waals surface area contributed by atoms with Gasteiger partial charge in [0.25, 0.3) is 0 Å². The zero-order valence-corrected chi connectivity index (χ0v) is 14.7. The monoisotopic (exact) mass is 350 g/mol. The molecule has 0 aliphatic heterocycles. The molecule has 1 aliphatic rings.